The van der Waals surface area contributed by atoms with Crippen molar-refractivity contribution in [3.05, 3.63) is 57.6 Å². The van der Waals surface area contributed by atoms with E-state index in [2.05, 4.69) is 79.7 Å². The molecule has 0 amide bonds. The Balaban J connectivity index is 2.45. The van der Waals surface area contributed by atoms with Crippen molar-refractivity contribution in [3.8, 4) is 11.1 Å². The highest BCUT2D eigenvalue weighted by atomic mass is 35.5. The Hall–Kier alpha value is -1.27. The van der Waals surface area contributed by atoms with E-state index in [-0.39, 0.29) is 16.2 Å². The van der Waals surface area contributed by atoms with E-state index in [1.54, 1.807) is 0 Å². The van der Waals surface area contributed by atoms with E-state index in [9.17, 15) is 0 Å². The van der Waals surface area contributed by atoms with Gasteiger partial charge in [-0.3, -0.25) is 0 Å². The zero-order valence-electron chi connectivity index (χ0n) is 16.3. The summed E-state index contributed by atoms with van der Waals surface area (Å²) in [5.74, 6) is 0. The summed E-state index contributed by atoms with van der Waals surface area (Å²) in [5.41, 5.74) is 8.63. The molecule has 1 heteroatoms. The standard InChI is InChI=1S/C23H29Cl/c1-21(2,3)14-11-17-16-13-15(24)9-10-18(16)23(7,8)20(17)19(12-14)22(4,5)6/h9-13H,1-8H3. The largest absolute Gasteiger partial charge is 0.0843 e. The minimum absolute atomic E-state index is 0.00822. The molecule has 0 saturated heterocycles. The van der Waals surface area contributed by atoms with E-state index in [4.69, 9.17) is 11.6 Å². The maximum atomic E-state index is 6.34. The van der Waals surface area contributed by atoms with Crippen molar-refractivity contribution in [1.29, 1.82) is 0 Å². The molecule has 24 heavy (non-hydrogen) atoms. The lowest BCUT2D eigenvalue weighted by Gasteiger charge is -2.32. The molecule has 1 aliphatic carbocycles. The average molecular weight is 341 g/mol. The Kier molecular flexibility index (Phi) is 3.74. The molecule has 0 saturated carbocycles. The Bertz CT molecular complexity index is 811. The first kappa shape index (κ1) is 17.5. The summed E-state index contributed by atoms with van der Waals surface area (Å²) in [5, 5.41) is 0.816. The molecule has 2 aromatic rings. The number of hydrogen-bond acceptors (Lipinski definition) is 0. The minimum atomic E-state index is 0.00822. The monoisotopic (exact) mass is 340 g/mol. The molecular formula is C23H29Cl. The van der Waals surface area contributed by atoms with E-state index >= 15 is 0 Å². The molecule has 0 fully saturated rings. The highest BCUT2D eigenvalue weighted by Crippen LogP contribution is 2.53. The first-order valence-electron chi connectivity index (χ1n) is 8.83. The quantitative estimate of drug-likeness (QED) is 0.474. The van der Waals surface area contributed by atoms with Gasteiger partial charge in [-0.25, -0.2) is 0 Å². The van der Waals surface area contributed by atoms with Crippen LogP contribution in [0.2, 0.25) is 5.02 Å². The first-order valence-corrected chi connectivity index (χ1v) is 9.21. The van der Waals surface area contributed by atoms with Crippen molar-refractivity contribution in [2.24, 2.45) is 0 Å². The fourth-order valence-corrected chi connectivity index (χ4v) is 4.14. The lowest BCUT2D eigenvalue weighted by Crippen LogP contribution is -2.24. The van der Waals surface area contributed by atoms with Crippen LogP contribution in [0.3, 0.4) is 0 Å². The van der Waals surface area contributed by atoms with Gasteiger partial charge < -0.3 is 0 Å². The van der Waals surface area contributed by atoms with E-state index in [1.165, 1.54) is 33.4 Å². The van der Waals surface area contributed by atoms with Gasteiger partial charge >= 0.3 is 0 Å². The van der Waals surface area contributed by atoms with Crippen LogP contribution in [0.25, 0.3) is 11.1 Å². The highest BCUT2D eigenvalue weighted by molar-refractivity contribution is 6.31. The fourth-order valence-electron chi connectivity index (χ4n) is 3.97. The average Bonchev–Trinajstić information content (AvgIpc) is 2.64. The van der Waals surface area contributed by atoms with E-state index < -0.39 is 0 Å². The molecular weight excluding hydrogens is 312 g/mol. The minimum Gasteiger partial charge on any atom is -0.0843 e. The maximum Gasteiger partial charge on any atom is 0.0412 e. The van der Waals surface area contributed by atoms with Gasteiger partial charge in [-0.05, 0) is 56.3 Å². The first-order chi connectivity index (χ1) is 10.8. The van der Waals surface area contributed by atoms with E-state index in [0.717, 1.165) is 5.02 Å². The molecule has 0 atom stereocenters. The van der Waals surface area contributed by atoms with Crippen LogP contribution in [0.4, 0.5) is 0 Å². The van der Waals surface area contributed by atoms with Crippen molar-refractivity contribution in [2.45, 2.75) is 71.6 Å². The molecule has 0 nitrogen and oxygen atoms in total. The predicted octanol–water partition coefficient (Wildman–Crippen LogP) is 7.24. The van der Waals surface area contributed by atoms with Gasteiger partial charge in [0.05, 0.1) is 0 Å². The van der Waals surface area contributed by atoms with Crippen LogP contribution < -0.4 is 0 Å². The molecule has 0 heterocycles. The molecule has 1 aliphatic rings. The molecule has 0 aromatic heterocycles. The van der Waals surface area contributed by atoms with Gasteiger partial charge in [-0.1, -0.05) is 85.2 Å². The summed E-state index contributed by atoms with van der Waals surface area (Å²) in [6, 6.07) is 11.2. The Morgan fingerprint density at radius 3 is 1.96 bits per heavy atom. The zero-order chi connectivity index (χ0) is 18.1. The lowest BCUT2D eigenvalue weighted by atomic mass is 9.71. The maximum absolute atomic E-state index is 6.34. The summed E-state index contributed by atoms with van der Waals surface area (Å²) in [6.07, 6.45) is 0. The van der Waals surface area contributed by atoms with Crippen LogP contribution in [0.15, 0.2) is 30.3 Å². The molecule has 0 N–H and O–H groups in total. The third-order valence-electron chi connectivity index (χ3n) is 5.38. The molecule has 0 spiro atoms. The van der Waals surface area contributed by atoms with Crippen LogP contribution in [-0.2, 0) is 16.2 Å². The summed E-state index contributed by atoms with van der Waals surface area (Å²) in [4.78, 5) is 0. The zero-order valence-corrected chi connectivity index (χ0v) is 17.0. The van der Waals surface area contributed by atoms with Crippen LogP contribution >= 0.6 is 11.6 Å². The molecule has 0 bridgehead atoms. The summed E-state index contributed by atoms with van der Waals surface area (Å²) >= 11 is 6.34. The molecule has 2 aromatic carbocycles. The molecule has 0 unspecified atom stereocenters. The van der Waals surface area contributed by atoms with Gasteiger partial charge in [0, 0.05) is 10.4 Å². The number of rotatable bonds is 0. The van der Waals surface area contributed by atoms with E-state index in [0.29, 0.717) is 0 Å². The summed E-state index contributed by atoms with van der Waals surface area (Å²) in [6.45, 7) is 18.5. The highest BCUT2D eigenvalue weighted by Gasteiger charge is 2.40. The number of halogens is 1. The van der Waals surface area contributed by atoms with Crippen LogP contribution in [-0.4, -0.2) is 0 Å². The third kappa shape index (κ3) is 2.60. The van der Waals surface area contributed by atoms with Crippen molar-refractivity contribution in [3.63, 3.8) is 0 Å². The van der Waals surface area contributed by atoms with Gasteiger partial charge in [0.15, 0.2) is 0 Å². The lowest BCUT2D eigenvalue weighted by molar-refractivity contribution is 0.545. The second-order valence-electron chi connectivity index (χ2n) is 9.76. The molecule has 0 aliphatic heterocycles. The van der Waals surface area contributed by atoms with Crippen LogP contribution in [0.5, 0.6) is 0 Å². The molecule has 3 rings (SSSR count). The van der Waals surface area contributed by atoms with Gasteiger partial charge in [0.2, 0.25) is 0 Å². The molecule has 0 radical (unpaired) electrons. The third-order valence-corrected chi connectivity index (χ3v) is 5.62. The van der Waals surface area contributed by atoms with Gasteiger partial charge in [-0.15, -0.1) is 0 Å². The van der Waals surface area contributed by atoms with Crippen LogP contribution in [0, 0.1) is 0 Å². The summed E-state index contributed by atoms with van der Waals surface area (Å²) < 4.78 is 0. The van der Waals surface area contributed by atoms with Gasteiger partial charge in [0.25, 0.3) is 0 Å². The SMILES string of the molecule is CC(C)(C)c1cc2c(c(C(C)(C)C)c1)C(C)(C)c1ccc(Cl)cc1-2. The van der Waals surface area contributed by atoms with Gasteiger partial charge in [-0.2, -0.15) is 0 Å². The second kappa shape index (κ2) is 5.11. The molecule has 128 valence electrons. The Labute approximate surface area is 152 Å². The van der Waals surface area contributed by atoms with Gasteiger partial charge in [0.1, 0.15) is 0 Å². The topological polar surface area (TPSA) is 0 Å². The number of hydrogen-bond donors (Lipinski definition) is 0. The normalized spacial score (nSPS) is 16.0. The Morgan fingerprint density at radius 1 is 0.792 bits per heavy atom. The summed E-state index contributed by atoms with van der Waals surface area (Å²) in [7, 11) is 0. The van der Waals surface area contributed by atoms with E-state index in [1.807, 2.05) is 6.07 Å². The van der Waals surface area contributed by atoms with Crippen molar-refractivity contribution >= 4 is 11.6 Å². The van der Waals surface area contributed by atoms with Crippen LogP contribution in [0.1, 0.15) is 77.6 Å². The predicted molar refractivity (Wildman–Crippen MR) is 106 cm³/mol. The van der Waals surface area contributed by atoms with Crippen molar-refractivity contribution in [2.75, 3.05) is 0 Å². The fraction of sp³-hybridized carbons (Fsp3) is 0.478. The van der Waals surface area contributed by atoms with Crippen molar-refractivity contribution < 1.29 is 0 Å². The Morgan fingerprint density at radius 2 is 1.42 bits per heavy atom. The number of fused-ring (bicyclic) bond motifs is 3. The number of benzene rings is 2. The van der Waals surface area contributed by atoms with Crippen molar-refractivity contribution in [1.82, 2.24) is 0 Å². The second-order valence-corrected chi connectivity index (χ2v) is 10.2. The smallest absolute Gasteiger partial charge is 0.0412 e.